The lowest BCUT2D eigenvalue weighted by atomic mass is 10.1. The number of hydrogen-bond acceptors (Lipinski definition) is 3. The Kier molecular flexibility index (Phi) is 6.38. The third kappa shape index (κ3) is 4.82. The number of carbonyl (C=O) groups excluding carboxylic acids is 1. The van der Waals surface area contributed by atoms with E-state index in [9.17, 15) is 4.79 Å². The summed E-state index contributed by atoms with van der Waals surface area (Å²) in [6.07, 6.45) is 0.792. The molecule has 3 rings (SSSR count). The lowest BCUT2D eigenvalue weighted by Gasteiger charge is -2.15. The Hall–Kier alpha value is -2.49. The molecule has 0 saturated carbocycles. The fourth-order valence-electron chi connectivity index (χ4n) is 2.59. The topological polar surface area (TPSA) is 35.5 Å². The predicted molar refractivity (Wildman–Crippen MR) is 108 cm³/mol. The molecule has 5 heteroatoms. The average Bonchev–Trinajstić information content (AvgIpc) is 2.68. The van der Waals surface area contributed by atoms with Gasteiger partial charge in [-0.05, 0) is 25.1 Å². The van der Waals surface area contributed by atoms with Crippen LogP contribution < -0.4 is 9.47 Å². The van der Waals surface area contributed by atoms with Crippen LogP contribution in [0.2, 0.25) is 10.0 Å². The minimum absolute atomic E-state index is 0.297. The second-order valence-corrected chi connectivity index (χ2v) is 6.83. The predicted octanol–water partition coefficient (Wildman–Crippen LogP) is 6.27. The molecule has 0 radical (unpaired) electrons. The summed E-state index contributed by atoms with van der Waals surface area (Å²) in [5, 5.41) is 1.27. The quantitative estimate of drug-likeness (QED) is 0.438. The van der Waals surface area contributed by atoms with Crippen LogP contribution in [0.25, 0.3) is 0 Å². The molecule has 0 unspecified atom stereocenters. The maximum absolute atomic E-state index is 11.4. The Morgan fingerprint density at radius 2 is 1.41 bits per heavy atom. The van der Waals surface area contributed by atoms with Gasteiger partial charge in [-0.1, -0.05) is 59.6 Å². The van der Waals surface area contributed by atoms with Gasteiger partial charge >= 0.3 is 0 Å². The molecule has 3 nitrogen and oxygen atoms in total. The van der Waals surface area contributed by atoms with E-state index < -0.39 is 0 Å². The van der Waals surface area contributed by atoms with Gasteiger partial charge in [-0.25, -0.2) is 0 Å². The van der Waals surface area contributed by atoms with Gasteiger partial charge in [-0.15, -0.1) is 0 Å². The summed E-state index contributed by atoms with van der Waals surface area (Å²) in [7, 11) is 0. The Morgan fingerprint density at radius 3 is 1.96 bits per heavy atom. The van der Waals surface area contributed by atoms with Gasteiger partial charge in [-0.2, -0.15) is 0 Å². The SMILES string of the molecule is Cc1c(C=O)cc(OCc2ccccc2Cl)cc1OCc1ccccc1Cl. The van der Waals surface area contributed by atoms with Crippen molar-refractivity contribution >= 4 is 29.5 Å². The molecule has 0 aliphatic rings. The Bertz CT molecular complexity index is 954. The number of hydrogen-bond donors (Lipinski definition) is 0. The molecule has 0 fully saturated rings. The van der Waals surface area contributed by atoms with Crippen molar-refractivity contribution in [3.05, 3.63) is 93.0 Å². The van der Waals surface area contributed by atoms with Crippen molar-refractivity contribution in [2.45, 2.75) is 20.1 Å². The lowest BCUT2D eigenvalue weighted by molar-refractivity contribution is 0.112. The van der Waals surface area contributed by atoms with E-state index in [1.165, 1.54) is 0 Å². The standard InChI is InChI=1S/C22H18Cl2O3/c1-15-18(12-25)10-19(26-13-16-6-2-4-8-20(16)23)11-22(15)27-14-17-7-3-5-9-21(17)24/h2-12H,13-14H2,1H3. The molecule has 0 aliphatic carbocycles. The highest BCUT2D eigenvalue weighted by Gasteiger charge is 2.11. The van der Waals surface area contributed by atoms with Gasteiger partial charge in [0.05, 0.1) is 0 Å². The summed E-state index contributed by atoms with van der Waals surface area (Å²) in [5.74, 6) is 1.12. The van der Waals surface area contributed by atoms with E-state index in [0.717, 1.165) is 23.0 Å². The van der Waals surface area contributed by atoms with E-state index in [2.05, 4.69) is 0 Å². The highest BCUT2D eigenvalue weighted by Crippen LogP contribution is 2.30. The molecule has 0 aliphatic heterocycles. The van der Waals surface area contributed by atoms with Crippen molar-refractivity contribution < 1.29 is 14.3 Å². The molecule has 0 atom stereocenters. The summed E-state index contributed by atoms with van der Waals surface area (Å²) in [4.78, 5) is 11.4. The molecule has 0 heterocycles. The van der Waals surface area contributed by atoms with Crippen LogP contribution in [0.15, 0.2) is 60.7 Å². The zero-order valence-corrected chi connectivity index (χ0v) is 16.3. The van der Waals surface area contributed by atoms with E-state index >= 15 is 0 Å². The number of carbonyl (C=O) groups is 1. The van der Waals surface area contributed by atoms with Gasteiger partial charge in [0.15, 0.2) is 6.29 Å². The molecule has 0 saturated heterocycles. The van der Waals surface area contributed by atoms with E-state index in [4.69, 9.17) is 32.7 Å². The largest absolute Gasteiger partial charge is 0.489 e. The first-order valence-corrected chi connectivity index (χ1v) is 9.16. The van der Waals surface area contributed by atoms with Crippen LogP contribution in [0.3, 0.4) is 0 Å². The van der Waals surface area contributed by atoms with Gasteiger partial charge in [0.1, 0.15) is 24.7 Å². The molecule has 0 amide bonds. The second-order valence-electron chi connectivity index (χ2n) is 6.01. The number of aldehydes is 1. The third-order valence-electron chi connectivity index (χ3n) is 4.19. The maximum Gasteiger partial charge on any atom is 0.150 e. The summed E-state index contributed by atoms with van der Waals surface area (Å²) in [6.45, 7) is 2.43. The van der Waals surface area contributed by atoms with Gasteiger partial charge < -0.3 is 9.47 Å². The number of ether oxygens (including phenoxy) is 2. The molecular formula is C22H18Cl2O3. The first-order valence-electron chi connectivity index (χ1n) is 8.40. The van der Waals surface area contributed by atoms with Crippen LogP contribution in [0.5, 0.6) is 11.5 Å². The summed E-state index contributed by atoms with van der Waals surface area (Å²) < 4.78 is 11.8. The zero-order valence-electron chi connectivity index (χ0n) is 14.7. The van der Waals surface area contributed by atoms with Crippen LogP contribution in [-0.2, 0) is 13.2 Å². The van der Waals surface area contributed by atoms with Gasteiger partial charge in [0.25, 0.3) is 0 Å². The Morgan fingerprint density at radius 1 is 0.852 bits per heavy atom. The van der Waals surface area contributed by atoms with Gasteiger partial charge in [0.2, 0.25) is 0 Å². The summed E-state index contributed by atoms with van der Waals surface area (Å²) >= 11 is 12.3. The summed E-state index contributed by atoms with van der Waals surface area (Å²) in [6, 6.07) is 18.4. The monoisotopic (exact) mass is 400 g/mol. The molecule has 0 spiro atoms. The first-order chi connectivity index (χ1) is 13.1. The average molecular weight is 401 g/mol. The molecule has 3 aromatic rings. The van der Waals surface area contributed by atoms with Crippen LogP contribution in [-0.4, -0.2) is 6.29 Å². The molecule has 27 heavy (non-hydrogen) atoms. The van der Waals surface area contributed by atoms with Crippen molar-refractivity contribution in [2.75, 3.05) is 0 Å². The number of halogens is 2. The van der Waals surface area contributed by atoms with Crippen molar-refractivity contribution in [1.82, 2.24) is 0 Å². The Balaban J connectivity index is 1.79. The van der Waals surface area contributed by atoms with Crippen molar-refractivity contribution in [1.29, 1.82) is 0 Å². The van der Waals surface area contributed by atoms with Crippen molar-refractivity contribution in [3.8, 4) is 11.5 Å². The number of rotatable bonds is 7. The highest BCUT2D eigenvalue weighted by molar-refractivity contribution is 6.31. The molecule has 0 bridgehead atoms. The van der Waals surface area contributed by atoms with Crippen molar-refractivity contribution in [2.24, 2.45) is 0 Å². The molecule has 3 aromatic carbocycles. The zero-order chi connectivity index (χ0) is 19.2. The second kappa shape index (κ2) is 8.94. The summed E-state index contributed by atoms with van der Waals surface area (Å²) in [5.41, 5.74) is 3.00. The number of benzene rings is 3. The van der Waals surface area contributed by atoms with Gasteiger partial charge in [0, 0.05) is 38.4 Å². The van der Waals surface area contributed by atoms with Gasteiger partial charge in [-0.3, -0.25) is 4.79 Å². The Labute approximate surface area is 168 Å². The van der Waals surface area contributed by atoms with E-state index in [-0.39, 0.29) is 0 Å². The highest BCUT2D eigenvalue weighted by atomic mass is 35.5. The maximum atomic E-state index is 11.4. The van der Waals surface area contributed by atoms with E-state index in [1.807, 2.05) is 55.5 Å². The lowest BCUT2D eigenvalue weighted by Crippen LogP contribution is -2.02. The van der Waals surface area contributed by atoms with Crippen LogP contribution in [0, 0.1) is 6.92 Å². The van der Waals surface area contributed by atoms with Crippen LogP contribution in [0.4, 0.5) is 0 Å². The van der Waals surface area contributed by atoms with Crippen LogP contribution in [0.1, 0.15) is 27.0 Å². The normalized spacial score (nSPS) is 10.5. The first kappa shape index (κ1) is 19.3. The van der Waals surface area contributed by atoms with E-state index in [1.54, 1.807) is 12.1 Å². The minimum Gasteiger partial charge on any atom is -0.489 e. The van der Waals surface area contributed by atoms with Crippen molar-refractivity contribution in [3.63, 3.8) is 0 Å². The minimum atomic E-state index is 0.297. The molecular weight excluding hydrogens is 383 g/mol. The molecule has 138 valence electrons. The van der Waals surface area contributed by atoms with Crippen LogP contribution >= 0.6 is 23.2 Å². The van der Waals surface area contributed by atoms with E-state index in [0.29, 0.717) is 40.3 Å². The molecule has 0 N–H and O–H groups in total. The molecule has 0 aromatic heterocycles. The third-order valence-corrected chi connectivity index (χ3v) is 4.93. The fourth-order valence-corrected chi connectivity index (χ4v) is 2.97. The smallest absolute Gasteiger partial charge is 0.150 e. The fraction of sp³-hybridized carbons (Fsp3) is 0.136.